The van der Waals surface area contributed by atoms with Crippen molar-refractivity contribution in [3.8, 4) is 0 Å². The predicted octanol–water partition coefficient (Wildman–Crippen LogP) is 5.78. The van der Waals surface area contributed by atoms with Gasteiger partial charge in [0.05, 0.1) is 13.2 Å². The van der Waals surface area contributed by atoms with Gasteiger partial charge in [-0.3, -0.25) is 9.13 Å². The molecule has 0 aliphatic rings. The molecule has 0 amide bonds. The third kappa shape index (κ3) is 6.43. The van der Waals surface area contributed by atoms with Crippen molar-refractivity contribution in [2.75, 3.05) is 19.1 Å². The summed E-state index contributed by atoms with van der Waals surface area (Å²) in [5.41, 5.74) is 0. The van der Waals surface area contributed by atoms with Crippen LogP contribution in [0.1, 0.15) is 39.5 Å². The second-order valence-corrected chi connectivity index (χ2v) is 11.9. The molecule has 0 saturated heterocycles. The number of hydrogen-bond acceptors (Lipinski definition) is 4. The average Bonchev–Trinajstić information content (AvgIpc) is 2.70. The number of benzene rings is 2. The molecule has 0 saturated carbocycles. The van der Waals surface area contributed by atoms with Gasteiger partial charge in [-0.15, -0.1) is 0 Å². The van der Waals surface area contributed by atoms with Crippen molar-refractivity contribution in [2.24, 2.45) is 0 Å². The lowest BCUT2D eigenvalue weighted by atomic mass is 10.4. The first-order valence-electron chi connectivity index (χ1n) is 9.62. The van der Waals surface area contributed by atoms with E-state index in [1.165, 1.54) is 0 Å². The van der Waals surface area contributed by atoms with Gasteiger partial charge in [0, 0.05) is 10.6 Å². The van der Waals surface area contributed by atoms with E-state index in [1.54, 1.807) is 24.3 Å². The van der Waals surface area contributed by atoms with E-state index in [9.17, 15) is 9.13 Å². The van der Waals surface area contributed by atoms with Gasteiger partial charge in [0.25, 0.3) is 0 Å². The second-order valence-electron chi connectivity index (χ2n) is 6.53. The fraction of sp³-hybridized carbons (Fsp3) is 0.429. The van der Waals surface area contributed by atoms with E-state index in [0.717, 1.165) is 25.7 Å². The van der Waals surface area contributed by atoms with Crippen LogP contribution in [0, 0.1) is 0 Å². The first kappa shape index (κ1) is 22.1. The van der Waals surface area contributed by atoms with Crippen LogP contribution in [-0.4, -0.2) is 19.1 Å². The van der Waals surface area contributed by atoms with Crippen LogP contribution in [0.3, 0.4) is 0 Å². The Hall–Kier alpha value is -1.18. The Bertz CT molecular complexity index is 697. The molecular formula is C21H30O4P2. The van der Waals surface area contributed by atoms with Crippen molar-refractivity contribution in [3.05, 3.63) is 60.7 Å². The van der Waals surface area contributed by atoms with Gasteiger partial charge < -0.3 is 9.05 Å². The van der Waals surface area contributed by atoms with Gasteiger partial charge >= 0.3 is 0 Å². The molecule has 0 aromatic heterocycles. The fourth-order valence-electron chi connectivity index (χ4n) is 2.66. The lowest BCUT2D eigenvalue weighted by molar-refractivity contribution is 0.304. The topological polar surface area (TPSA) is 52.6 Å². The summed E-state index contributed by atoms with van der Waals surface area (Å²) in [5.74, 6) is -0.110. The van der Waals surface area contributed by atoms with Crippen molar-refractivity contribution in [1.29, 1.82) is 0 Å². The molecule has 148 valence electrons. The lowest BCUT2D eigenvalue weighted by Crippen LogP contribution is -2.17. The molecule has 6 heteroatoms. The van der Waals surface area contributed by atoms with Crippen LogP contribution in [0.25, 0.3) is 0 Å². The van der Waals surface area contributed by atoms with Gasteiger partial charge in [-0.2, -0.15) is 0 Å². The summed E-state index contributed by atoms with van der Waals surface area (Å²) in [6.45, 7) is 4.87. The normalized spacial score (nSPS) is 15.8. The first-order chi connectivity index (χ1) is 13.0. The molecular weight excluding hydrogens is 378 g/mol. The Labute approximate surface area is 163 Å². The van der Waals surface area contributed by atoms with Gasteiger partial charge in [0.2, 0.25) is 14.7 Å². The Morgan fingerprint density at radius 3 is 1.37 bits per heavy atom. The Morgan fingerprint density at radius 2 is 1.04 bits per heavy atom. The molecule has 2 atom stereocenters. The molecule has 2 unspecified atom stereocenters. The van der Waals surface area contributed by atoms with Gasteiger partial charge in [0.15, 0.2) is 0 Å². The summed E-state index contributed by atoms with van der Waals surface area (Å²) in [7, 11) is -6.65. The largest absolute Gasteiger partial charge is 0.325 e. The molecule has 2 aromatic carbocycles. The van der Waals surface area contributed by atoms with Crippen LogP contribution in [0.2, 0.25) is 0 Å². The zero-order valence-electron chi connectivity index (χ0n) is 16.3. The van der Waals surface area contributed by atoms with Crippen molar-refractivity contribution in [2.45, 2.75) is 39.5 Å². The highest BCUT2D eigenvalue weighted by molar-refractivity contribution is 7.83. The van der Waals surface area contributed by atoms with Crippen molar-refractivity contribution in [3.63, 3.8) is 0 Å². The predicted molar refractivity (Wildman–Crippen MR) is 114 cm³/mol. The van der Waals surface area contributed by atoms with E-state index in [2.05, 4.69) is 13.8 Å². The van der Waals surface area contributed by atoms with Gasteiger partial charge in [0.1, 0.15) is 5.90 Å². The highest BCUT2D eigenvalue weighted by Crippen LogP contribution is 2.61. The number of unbranched alkanes of at least 4 members (excludes halogenated alkanes) is 2. The zero-order valence-corrected chi connectivity index (χ0v) is 18.0. The van der Waals surface area contributed by atoms with Gasteiger partial charge in [-0.05, 0) is 37.1 Å². The summed E-state index contributed by atoms with van der Waals surface area (Å²) in [6, 6.07) is 18.2. The minimum Gasteiger partial charge on any atom is -0.325 e. The molecule has 0 bridgehead atoms. The molecule has 0 heterocycles. The van der Waals surface area contributed by atoms with E-state index in [-0.39, 0.29) is 5.90 Å². The third-order valence-corrected chi connectivity index (χ3v) is 10.6. The lowest BCUT2D eigenvalue weighted by Gasteiger charge is -2.25. The molecule has 2 aromatic rings. The Balaban J connectivity index is 2.37. The van der Waals surface area contributed by atoms with E-state index in [4.69, 9.17) is 9.05 Å². The molecule has 0 radical (unpaired) electrons. The van der Waals surface area contributed by atoms with E-state index in [0.29, 0.717) is 23.8 Å². The minimum atomic E-state index is -3.33. The molecule has 0 spiro atoms. The quantitative estimate of drug-likeness (QED) is 0.330. The molecule has 2 rings (SSSR count). The second kappa shape index (κ2) is 11.0. The number of rotatable bonds is 12. The molecule has 27 heavy (non-hydrogen) atoms. The maximum atomic E-state index is 13.8. The van der Waals surface area contributed by atoms with Crippen LogP contribution >= 0.6 is 14.7 Å². The van der Waals surface area contributed by atoms with Gasteiger partial charge in [-0.1, -0.05) is 63.1 Å². The van der Waals surface area contributed by atoms with E-state index >= 15 is 0 Å². The van der Waals surface area contributed by atoms with Crippen molar-refractivity contribution in [1.82, 2.24) is 0 Å². The van der Waals surface area contributed by atoms with Crippen LogP contribution < -0.4 is 10.6 Å². The Kier molecular flexibility index (Phi) is 8.99. The van der Waals surface area contributed by atoms with Crippen molar-refractivity contribution >= 4 is 25.3 Å². The Morgan fingerprint density at radius 1 is 0.667 bits per heavy atom. The standard InChI is InChI=1S/C21H30O4P2/c1-3-5-17-24-26(22,20-13-9-7-10-14-20)19-27(23,25-18-6-4-2)21-15-11-8-12-16-21/h7-16H,3-6,17-19H2,1-2H3. The molecule has 0 N–H and O–H groups in total. The van der Waals surface area contributed by atoms with Gasteiger partial charge in [-0.25, -0.2) is 0 Å². The first-order valence-corrected chi connectivity index (χ1v) is 13.2. The summed E-state index contributed by atoms with van der Waals surface area (Å²) in [5, 5.41) is 1.19. The molecule has 0 aliphatic carbocycles. The summed E-state index contributed by atoms with van der Waals surface area (Å²) in [6.07, 6.45) is 3.50. The SMILES string of the molecule is CCCCOP(=O)(CP(=O)(OCCCC)c1ccccc1)c1ccccc1. The van der Waals surface area contributed by atoms with Crippen LogP contribution in [0.15, 0.2) is 60.7 Å². The van der Waals surface area contributed by atoms with E-state index < -0.39 is 14.7 Å². The minimum absolute atomic E-state index is 0.110. The zero-order chi connectivity index (χ0) is 19.6. The van der Waals surface area contributed by atoms with Crippen LogP contribution in [0.5, 0.6) is 0 Å². The monoisotopic (exact) mass is 408 g/mol. The fourth-order valence-corrected chi connectivity index (χ4v) is 8.98. The van der Waals surface area contributed by atoms with Crippen LogP contribution in [-0.2, 0) is 18.2 Å². The molecule has 0 aliphatic heterocycles. The summed E-state index contributed by atoms with van der Waals surface area (Å²) in [4.78, 5) is 0. The van der Waals surface area contributed by atoms with E-state index in [1.807, 2.05) is 36.4 Å². The maximum absolute atomic E-state index is 13.8. The smallest absolute Gasteiger partial charge is 0.241 e. The van der Waals surface area contributed by atoms with Crippen molar-refractivity contribution < 1.29 is 18.2 Å². The highest BCUT2D eigenvalue weighted by Gasteiger charge is 2.38. The number of hydrogen-bond donors (Lipinski definition) is 0. The average molecular weight is 408 g/mol. The molecule has 4 nitrogen and oxygen atoms in total. The summed E-state index contributed by atoms with van der Waals surface area (Å²) < 4.78 is 39.4. The summed E-state index contributed by atoms with van der Waals surface area (Å²) >= 11 is 0. The highest BCUT2D eigenvalue weighted by atomic mass is 31.2. The third-order valence-electron chi connectivity index (χ3n) is 4.27. The van der Waals surface area contributed by atoms with Crippen LogP contribution in [0.4, 0.5) is 0 Å². The molecule has 0 fully saturated rings. The maximum Gasteiger partial charge on any atom is 0.241 e.